The quantitative estimate of drug-likeness (QED) is 0.771. The Bertz CT molecular complexity index is 824. The van der Waals surface area contributed by atoms with Gasteiger partial charge in [-0.1, -0.05) is 12.1 Å². The summed E-state index contributed by atoms with van der Waals surface area (Å²) in [5, 5.41) is 20.4. The number of hydrogen-bond acceptors (Lipinski definition) is 4. The number of pyridine rings is 1. The van der Waals surface area contributed by atoms with Crippen LogP contribution in [0.15, 0.2) is 30.3 Å². The molecule has 1 aromatic carbocycles. The molecular weight excluding hydrogens is 262 g/mol. The first-order valence-electron chi connectivity index (χ1n) is 6.72. The largest absolute Gasteiger partial charge is 0.364 e. The fourth-order valence-electron chi connectivity index (χ4n) is 2.39. The van der Waals surface area contributed by atoms with Gasteiger partial charge in [0.2, 0.25) is 0 Å². The molecule has 0 amide bonds. The normalized spacial score (nSPS) is 10.5. The Labute approximate surface area is 122 Å². The molecule has 0 aliphatic heterocycles. The monoisotopic (exact) mass is 277 g/mol. The van der Waals surface area contributed by atoms with Crippen LogP contribution in [0, 0.1) is 25.2 Å². The number of hydrogen-bond donors (Lipinski definition) is 2. The van der Waals surface area contributed by atoms with Crippen molar-refractivity contribution in [1.82, 2.24) is 15.2 Å². The fourth-order valence-corrected chi connectivity index (χ4v) is 2.39. The second-order valence-electron chi connectivity index (χ2n) is 5.04. The number of aryl methyl sites for hydroxylation is 2. The van der Waals surface area contributed by atoms with Crippen molar-refractivity contribution < 1.29 is 0 Å². The van der Waals surface area contributed by atoms with E-state index in [4.69, 9.17) is 5.26 Å². The first kappa shape index (κ1) is 13.1. The summed E-state index contributed by atoms with van der Waals surface area (Å²) in [5.74, 6) is 0.805. The van der Waals surface area contributed by atoms with Gasteiger partial charge in [0.05, 0.1) is 17.0 Å². The van der Waals surface area contributed by atoms with E-state index in [-0.39, 0.29) is 0 Å². The second kappa shape index (κ2) is 5.25. The summed E-state index contributed by atoms with van der Waals surface area (Å²) in [5.41, 5.74) is 4.69. The third kappa shape index (κ3) is 2.56. The lowest BCUT2D eigenvalue weighted by molar-refractivity contribution is 1.05. The lowest BCUT2D eigenvalue weighted by Crippen LogP contribution is -2.00. The number of fused-ring (bicyclic) bond motifs is 1. The summed E-state index contributed by atoms with van der Waals surface area (Å²) in [7, 11) is 0. The molecular formula is C16H15N5. The average Bonchev–Trinajstić information content (AvgIpc) is 2.89. The summed E-state index contributed by atoms with van der Waals surface area (Å²) < 4.78 is 0. The van der Waals surface area contributed by atoms with Crippen LogP contribution < -0.4 is 5.32 Å². The van der Waals surface area contributed by atoms with Crippen LogP contribution >= 0.6 is 0 Å². The zero-order chi connectivity index (χ0) is 14.8. The van der Waals surface area contributed by atoms with Gasteiger partial charge >= 0.3 is 0 Å². The number of rotatable bonds is 3. The molecule has 0 saturated carbocycles. The highest BCUT2D eigenvalue weighted by Gasteiger charge is 2.09. The van der Waals surface area contributed by atoms with E-state index in [0.29, 0.717) is 12.1 Å². The molecule has 2 N–H and O–H groups in total. The lowest BCUT2D eigenvalue weighted by Gasteiger charge is -2.05. The lowest BCUT2D eigenvalue weighted by atomic mass is 10.1. The van der Waals surface area contributed by atoms with Crippen molar-refractivity contribution in [1.29, 1.82) is 5.26 Å². The van der Waals surface area contributed by atoms with Crippen molar-refractivity contribution in [3.05, 3.63) is 52.7 Å². The maximum Gasteiger partial charge on any atom is 0.157 e. The smallest absolute Gasteiger partial charge is 0.157 e. The van der Waals surface area contributed by atoms with Crippen molar-refractivity contribution in [2.45, 2.75) is 20.4 Å². The molecule has 0 spiro atoms. The van der Waals surface area contributed by atoms with Crippen LogP contribution in [0.4, 0.5) is 5.82 Å². The third-order valence-electron chi connectivity index (χ3n) is 3.40. The van der Waals surface area contributed by atoms with Crippen molar-refractivity contribution in [3.63, 3.8) is 0 Å². The van der Waals surface area contributed by atoms with E-state index >= 15 is 0 Å². The van der Waals surface area contributed by atoms with E-state index in [1.165, 1.54) is 0 Å². The molecule has 3 rings (SSSR count). The molecule has 0 aliphatic carbocycles. The maximum atomic E-state index is 8.79. The van der Waals surface area contributed by atoms with E-state index in [9.17, 15) is 0 Å². The Morgan fingerprint density at radius 1 is 1.24 bits per heavy atom. The van der Waals surface area contributed by atoms with Gasteiger partial charge in [-0.05, 0) is 43.2 Å². The number of nitrogens with one attached hydrogen (secondary N) is 2. The van der Waals surface area contributed by atoms with Crippen molar-refractivity contribution in [3.8, 4) is 6.07 Å². The Morgan fingerprint density at radius 3 is 2.71 bits per heavy atom. The summed E-state index contributed by atoms with van der Waals surface area (Å²) in [4.78, 5) is 4.44. The molecule has 3 aromatic rings. The highest BCUT2D eigenvalue weighted by molar-refractivity contribution is 5.90. The molecule has 0 fully saturated rings. The van der Waals surface area contributed by atoms with Gasteiger partial charge in [0.15, 0.2) is 11.5 Å². The van der Waals surface area contributed by atoms with E-state index in [1.54, 1.807) is 0 Å². The number of anilines is 1. The first-order chi connectivity index (χ1) is 10.2. The number of H-pyrrole nitrogens is 1. The Kier molecular flexibility index (Phi) is 3.28. The van der Waals surface area contributed by atoms with Gasteiger partial charge in [-0.3, -0.25) is 5.10 Å². The number of aromatic nitrogens is 3. The van der Waals surface area contributed by atoms with Gasteiger partial charge in [0.25, 0.3) is 0 Å². The van der Waals surface area contributed by atoms with Gasteiger partial charge in [0, 0.05) is 12.2 Å². The standard InChI is InChI=1S/C16H15N5/c1-10-7-11(2)19-16-14(10)15(20-21-16)18-9-13-5-3-12(8-17)4-6-13/h3-7H,9H2,1-2H3,(H2,18,19,20,21). The molecule has 104 valence electrons. The molecule has 2 aromatic heterocycles. The molecule has 21 heavy (non-hydrogen) atoms. The third-order valence-corrected chi connectivity index (χ3v) is 3.40. The minimum atomic E-state index is 0.652. The molecule has 0 atom stereocenters. The molecule has 5 nitrogen and oxygen atoms in total. The maximum absolute atomic E-state index is 8.79. The zero-order valence-corrected chi connectivity index (χ0v) is 11.9. The van der Waals surface area contributed by atoms with Crippen LogP contribution in [-0.4, -0.2) is 15.2 Å². The summed E-state index contributed by atoms with van der Waals surface area (Å²) >= 11 is 0. The minimum Gasteiger partial charge on any atom is -0.364 e. The van der Waals surface area contributed by atoms with Crippen LogP contribution in [-0.2, 0) is 6.54 Å². The average molecular weight is 277 g/mol. The van der Waals surface area contributed by atoms with Gasteiger partial charge in [0.1, 0.15) is 0 Å². The first-order valence-corrected chi connectivity index (χ1v) is 6.72. The second-order valence-corrected chi connectivity index (χ2v) is 5.04. The van der Waals surface area contributed by atoms with E-state index in [2.05, 4.69) is 33.5 Å². The Morgan fingerprint density at radius 2 is 2.00 bits per heavy atom. The van der Waals surface area contributed by atoms with E-state index in [0.717, 1.165) is 33.7 Å². The summed E-state index contributed by atoms with van der Waals surface area (Å²) in [6.45, 7) is 4.68. The highest BCUT2D eigenvalue weighted by Crippen LogP contribution is 2.23. The molecule has 0 saturated heterocycles. The van der Waals surface area contributed by atoms with E-state index < -0.39 is 0 Å². The molecule has 2 heterocycles. The number of aromatic amines is 1. The Balaban J connectivity index is 1.83. The summed E-state index contributed by atoms with van der Waals surface area (Å²) in [6.07, 6.45) is 0. The van der Waals surface area contributed by atoms with Crippen molar-refractivity contribution in [2.24, 2.45) is 0 Å². The van der Waals surface area contributed by atoms with Crippen LogP contribution in [0.2, 0.25) is 0 Å². The van der Waals surface area contributed by atoms with Gasteiger partial charge in [-0.2, -0.15) is 10.4 Å². The van der Waals surface area contributed by atoms with E-state index in [1.807, 2.05) is 37.3 Å². The van der Waals surface area contributed by atoms with Gasteiger partial charge in [-0.25, -0.2) is 4.98 Å². The molecule has 0 bridgehead atoms. The van der Waals surface area contributed by atoms with Crippen molar-refractivity contribution >= 4 is 16.9 Å². The topological polar surface area (TPSA) is 77.4 Å². The van der Waals surface area contributed by atoms with Crippen molar-refractivity contribution in [2.75, 3.05) is 5.32 Å². The molecule has 0 aliphatic rings. The number of nitriles is 1. The molecule has 0 radical (unpaired) electrons. The molecule has 0 unspecified atom stereocenters. The number of benzene rings is 1. The SMILES string of the molecule is Cc1cc(C)c2c(NCc3ccc(C#N)cc3)n[nH]c2n1. The van der Waals surface area contributed by atoms with Crippen LogP contribution in [0.1, 0.15) is 22.4 Å². The van der Waals surface area contributed by atoms with Crippen LogP contribution in [0.3, 0.4) is 0 Å². The van der Waals surface area contributed by atoms with Gasteiger partial charge in [-0.15, -0.1) is 0 Å². The predicted molar refractivity (Wildman–Crippen MR) is 81.8 cm³/mol. The van der Waals surface area contributed by atoms with Crippen LogP contribution in [0.25, 0.3) is 11.0 Å². The predicted octanol–water partition coefficient (Wildman–Crippen LogP) is 3.06. The molecule has 5 heteroatoms. The summed E-state index contributed by atoms with van der Waals surface area (Å²) in [6, 6.07) is 11.7. The highest BCUT2D eigenvalue weighted by atomic mass is 15.2. The van der Waals surface area contributed by atoms with Crippen LogP contribution in [0.5, 0.6) is 0 Å². The number of nitrogens with zero attached hydrogens (tertiary/aromatic N) is 3. The zero-order valence-electron chi connectivity index (χ0n) is 11.9. The fraction of sp³-hybridized carbons (Fsp3) is 0.188. The minimum absolute atomic E-state index is 0.652. The van der Waals surface area contributed by atoms with Gasteiger partial charge < -0.3 is 5.32 Å². The Hall–Kier alpha value is -2.87.